The van der Waals surface area contributed by atoms with Crippen molar-refractivity contribution in [3.8, 4) is 11.5 Å². The zero-order chi connectivity index (χ0) is 26.9. The number of hydrogen-bond donors (Lipinski definition) is 0. The Hall–Kier alpha value is -3.26. The molecule has 0 saturated carbocycles. The van der Waals surface area contributed by atoms with E-state index in [-0.39, 0.29) is 24.3 Å². The molecule has 0 N–H and O–H groups in total. The molecule has 0 atom stereocenters. The summed E-state index contributed by atoms with van der Waals surface area (Å²) in [6, 6.07) is 16.7. The number of nitrogens with zero attached hydrogens (tertiary/aromatic N) is 2. The summed E-state index contributed by atoms with van der Waals surface area (Å²) < 4.78 is 17.3. The van der Waals surface area contributed by atoms with E-state index in [9.17, 15) is 9.59 Å². The second-order valence-electron chi connectivity index (χ2n) is 9.36. The maximum atomic E-state index is 13.6. The predicted molar refractivity (Wildman–Crippen MR) is 147 cm³/mol. The first-order valence-corrected chi connectivity index (χ1v) is 13.1. The Balaban J connectivity index is 1.80. The number of benzene rings is 2. The third-order valence-electron chi connectivity index (χ3n) is 5.88. The second kappa shape index (κ2) is 13.3. The van der Waals surface area contributed by atoms with E-state index in [0.29, 0.717) is 48.9 Å². The molecule has 2 amide bonds. The summed E-state index contributed by atoms with van der Waals surface area (Å²) in [6.07, 6.45) is 0.607. The van der Waals surface area contributed by atoms with E-state index in [2.05, 4.69) is 15.9 Å². The molecule has 3 aromatic rings. The number of halogens is 1. The van der Waals surface area contributed by atoms with E-state index in [1.54, 1.807) is 36.2 Å². The summed E-state index contributed by atoms with van der Waals surface area (Å²) in [4.78, 5) is 30.4. The number of methoxy groups -OCH3 is 2. The topological polar surface area (TPSA) is 72.2 Å². The molecule has 0 fully saturated rings. The van der Waals surface area contributed by atoms with Crippen molar-refractivity contribution in [2.45, 2.75) is 33.7 Å². The third kappa shape index (κ3) is 8.12. The summed E-state index contributed by atoms with van der Waals surface area (Å²) in [5, 5.41) is 0. The van der Waals surface area contributed by atoms with Crippen LogP contribution in [0.5, 0.6) is 11.5 Å². The van der Waals surface area contributed by atoms with Gasteiger partial charge in [-0.2, -0.15) is 0 Å². The third-order valence-corrected chi connectivity index (χ3v) is 6.38. The SMILES string of the molecule is COc1ccc(CCN(Cc2ccc(C)o2)C(=O)CN(CC(C)C)C(=O)c2cccc(Br)c2)cc1OC. The lowest BCUT2D eigenvalue weighted by Gasteiger charge is -2.28. The zero-order valence-corrected chi connectivity index (χ0v) is 23.7. The number of aryl methyl sites for hydroxylation is 1. The first-order chi connectivity index (χ1) is 17.7. The fourth-order valence-corrected chi connectivity index (χ4v) is 4.48. The second-order valence-corrected chi connectivity index (χ2v) is 10.3. The smallest absolute Gasteiger partial charge is 0.254 e. The van der Waals surface area contributed by atoms with Crippen LogP contribution in [0.15, 0.2) is 63.5 Å². The molecule has 8 heteroatoms. The molecule has 37 heavy (non-hydrogen) atoms. The Labute approximate surface area is 227 Å². The fraction of sp³-hybridized carbons (Fsp3) is 0.379. The first-order valence-electron chi connectivity index (χ1n) is 12.3. The molecule has 0 aliphatic rings. The highest BCUT2D eigenvalue weighted by Crippen LogP contribution is 2.28. The average Bonchev–Trinajstić information content (AvgIpc) is 3.29. The van der Waals surface area contributed by atoms with E-state index < -0.39 is 0 Å². The molecular formula is C29H35BrN2O5. The molecule has 0 aliphatic heterocycles. The Morgan fingerprint density at radius 2 is 1.73 bits per heavy atom. The maximum absolute atomic E-state index is 13.6. The summed E-state index contributed by atoms with van der Waals surface area (Å²) in [6.45, 7) is 7.17. The van der Waals surface area contributed by atoms with Crippen molar-refractivity contribution in [2.24, 2.45) is 5.92 Å². The number of hydrogen-bond acceptors (Lipinski definition) is 5. The molecule has 1 aromatic heterocycles. The van der Waals surface area contributed by atoms with Crippen molar-refractivity contribution < 1.29 is 23.5 Å². The van der Waals surface area contributed by atoms with Gasteiger partial charge in [-0.25, -0.2) is 0 Å². The van der Waals surface area contributed by atoms with Crippen molar-refractivity contribution in [3.05, 3.63) is 81.7 Å². The van der Waals surface area contributed by atoms with Gasteiger partial charge in [-0.05, 0) is 67.3 Å². The van der Waals surface area contributed by atoms with Gasteiger partial charge in [0, 0.05) is 23.1 Å². The van der Waals surface area contributed by atoms with Gasteiger partial charge in [0.15, 0.2) is 11.5 Å². The van der Waals surface area contributed by atoms with Crippen LogP contribution in [0.25, 0.3) is 0 Å². The van der Waals surface area contributed by atoms with Crippen molar-refractivity contribution in [2.75, 3.05) is 33.9 Å². The quantitative estimate of drug-likeness (QED) is 0.278. The predicted octanol–water partition coefficient (Wildman–Crippen LogP) is 5.74. The largest absolute Gasteiger partial charge is 0.493 e. The molecule has 3 rings (SSSR count). The molecule has 0 saturated heterocycles. The van der Waals surface area contributed by atoms with Crippen LogP contribution < -0.4 is 9.47 Å². The lowest BCUT2D eigenvalue weighted by atomic mass is 10.1. The molecule has 0 aliphatic carbocycles. The normalized spacial score (nSPS) is 10.9. The number of carbonyl (C=O) groups excluding carboxylic acids is 2. The monoisotopic (exact) mass is 570 g/mol. The molecule has 0 spiro atoms. The van der Waals surface area contributed by atoms with E-state index in [0.717, 1.165) is 15.8 Å². The van der Waals surface area contributed by atoms with Crippen molar-refractivity contribution in [1.82, 2.24) is 9.80 Å². The molecule has 2 aromatic carbocycles. The van der Waals surface area contributed by atoms with Gasteiger partial charge in [0.25, 0.3) is 5.91 Å². The highest BCUT2D eigenvalue weighted by Gasteiger charge is 2.24. The molecular weight excluding hydrogens is 536 g/mol. The van der Waals surface area contributed by atoms with Crippen LogP contribution >= 0.6 is 15.9 Å². The minimum absolute atomic E-state index is 0.0187. The van der Waals surface area contributed by atoms with Crippen LogP contribution in [0.2, 0.25) is 0 Å². The Morgan fingerprint density at radius 1 is 0.973 bits per heavy atom. The lowest BCUT2D eigenvalue weighted by Crippen LogP contribution is -2.44. The van der Waals surface area contributed by atoms with Gasteiger partial charge in [0.2, 0.25) is 5.91 Å². The fourth-order valence-electron chi connectivity index (χ4n) is 4.08. The average molecular weight is 572 g/mol. The Bertz CT molecular complexity index is 1210. The van der Waals surface area contributed by atoms with Gasteiger partial charge in [-0.15, -0.1) is 0 Å². The highest BCUT2D eigenvalue weighted by atomic mass is 79.9. The van der Waals surface area contributed by atoms with Crippen molar-refractivity contribution >= 4 is 27.7 Å². The number of furan rings is 1. The van der Waals surface area contributed by atoms with Gasteiger partial charge in [0.05, 0.1) is 20.8 Å². The minimum atomic E-state index is -0.169. The zero-order valence-electron chi connectivity index (χ0n) is 22.1. The highest BCUT2D eigenvalue weighted by molar-refractivity contribution is 9.10. The van der Waals surface area contributed by atoms with Crippen molar-refractivity contribution in [1.29, 1.82) is 0 Å². The van der Waals surface area contributed by atoms with Gasteiger partial charge in [-0.1, -0.05) is 41.9 Å². The van der Waals surface area contributed by atoms with Crippen LogP contribution in [-0.4, -0.2) is 55.5 Å². The lowest BCUT2D eigenvalue weighted by molar-refractivity contribution is -0.132. The first kappa shape index (κ1) is 28.3. The van der Waals surface area contributed by atoms with Gasteiger partial charge in [-0.3, -0.25) is 9.59 Å². The van der Waals surface area contributed by atoms with Crippen LogP contribution in [0.3, 0.4) is 0 Å². The number of rotatable bonds is 12. The Morgan fingerprint density at radius 3 is 2.35 bits per heavy atom. The number of ether oxygens (including phenoxy) is 2. The molecule has 0 radical (unpaired) electrons. The minimum Gasteiger partial charge on any atom is -0.493 e. The van der Waals surface area contributed by atoms with Crippen LogP contribution in [0.1, 0.15) is 41.3 Å². The summed E-state index contributed by atoms with van der Waals surface area (Å²) >= 11 is 3.43. The van der Waals surface area contributed by atoms with E-state index in [4.69, 9.17) is 13.9 Å². The summed E-state index contributed by atoms with van der Waals surface area (Å²) in [5.41, 5.74) is 1.55. The van der Waals surface area contributed by atoms with Crippen LogP contribution in [0, 0.1) is 12.8 Å². The molecule has 1 heterocycles. The molecule has 0 bridgehead atoms. The van der Waals surface area contributed by atoms with Gasteiger partial charge < -0.3 is 23.7 Å². The maximum Gasteiger partial charge on any atom is 0.254 e. The number of carbonyl (C=O) groups is 2. The summed E-state index contributed by atoms with van der Waals surface area (Å²) in [7, 11) is 3.20. The van der Waals surface area contributed by atoms with Gasteiger partial charge >= 0.3 is 0 Å². The number of amides is 2. The molecule has 0 unspecified atom stereocenters. The standard InChI is InChI=1S/C29H35BrN2O5/c1-20(2)17-32(29(34)23-7-6-8-24(30)16-23)19-28(33)31(18-25-11-9-21(3)37-25)14-13-22-10-12-26(35-4)27(15-22)36-5/h6-12,15-16,20H,13-14,17-19H2,1-5H3. The van der Waals surface area contributed by atoms with Crippen LogP contribution in [-0.2, 0) is 17.8 Å². The van der Waals surface area contributed by atoms with E-state index in [1.165, 1.54) is 0 Å². The van der Waals surface area contributed by atoms with Gasteiger partial charge in [0.1, 0.15) is 18.1 Å². The van der Waals surface area contributed by atoms with Crippen molar-refractivity contribution in [3.63, 3.8) is 0 Å². The Kier molecular flexibility index (Phi) is 10.2. The van der Waals surface area contributed by atoms with E-state index in [1.807, 2.05) is 63.2 Å². The molecule has 7 nitrogen and oxygen atoms in total. The van der Waals surface area contributed by atoms with Crippen LogP contribution in [0.4, 0.5) is 0 Å². The molecule has 198 valence electrons. The van der Waals surface area contributed by atoms with E-state index >= 15 is 0 Å². The summed E-state index contributed by atoms with van der Waals surface area (Å²) in [5.74, 6) is 2.68.